The molecule has 1 aliphatic rings. The molecule has 2 atom stereocenters. The molecule has 0 amide bonds. The fraction of sp³-hybridized carbons (Fsp3) is 0.933. The van der Waals surface area contributed by atoms with Crippen molar-refractivity contribution in [3.63, 3.8) is 0 Å². The first-order valence-corrected chi connectivity index (χ1v) is 7.79. The number of rotatable bonds is 9. The van der Waals surface area contributed by atoms with E-state index in [0.29, 0.717) is 12.6 Å². The highest BCUT2D eigenvalue weighted by molar-refractivity contribution is 5.72. The SMILES string of the molecule is CCCCN(CC1CCCN1)CC(C)C(=O)OCC. The van der Waals surface area contributed by atoms with Crippen molar-refractivity contribution in [2.24, 2.45) is 5.92 Å². The van der Waals surface area contributed by atoms with Crippen LogP contribution in [0.2, 0.25) is 0 Å². The summed E-state index contributed by atoms with van der Waals surface area (Å²) in [7, 11) is 0. The monoisotopic (exact) mass is 270 g/mol. The van der Waals surface area contributed by atoms with Crippen LogP contribution >= 0.6 is 0 Å². The van der Waals surface area contributed by atoms with E-state index in [1.165, 1.54) is 25.7 Å². The zero-order chi connectivity index (χ0) is 14.1. The van der Waals surface area contributed by atoms with Gasteiger partial charge in [0.2, 0.25) is 0 Å². The molecule has 0 radical (unpaired) electrons. The third kappa shape index (κ3) is 6.39. The number of esters is 1. The smallest absolute Gasteiger partial charge is 0.309 e. The maximum absolute atomic E-state index is 11.7. The van der Waals surface area contributed by atoms with Crippen LogP contribution in [0, 0.1) is 5.92 Å². The van der Waals surface area contributed by atoms with Crippen LogP contribution in [0.1, 0.15) is 46.5 Å². The van der Waals surface area contributed by atoms with Crippen LogP contribution in [0.25, 0.3) is 0 Å². The lowest BCUT2D eigenvalue weighted by atomic mass is 10.1. The third-order valence-corrected chi connectivity index (χ3v) is 3.69. The molecule has 0 saturated carbocycles. The van der Waals surface area contributed by atoms with Gasteiger partial charge in [0.15, 0.2) is 0 Å². The van der Waals surface area contributed by atoms with E-state index in [1.807, 2.05) is 13.8 Å². The topological polar surface area (TPSA) is 41.6 Å². The minimum Gasteiger partial charge on any atom is -0.466 e. The zero-order valence-corrected chi connectivity index (χ0v) is 12.8. The number of carbonyl (C=O) groups is 1. The highest BCUT2D eigenvalue weighted by Crippen LogP contribution is 2.10. The van der Waals surface area contributed by atoms with Gasteiger partial charge in [-0.15, -0.1) is 0 Å². The quantitative estimate of drug-likeness (QED) is 0.651. The molecule has 1 heterocycles. The molecule has 0 aromatic carbocycles. The van der Waals surface area contributed by atoms with Crippen LogP contribution < -0.4 is 5.32 Å². The predicted octanol–water partition coefficient (Wildman–Crippen LogP) is 2.04. The Morgan fingerprint density at radius 3 is 2.84 bits per heavy atom. The van der Waals surface area contributed by atoms with Crippen molar-refractivity contribution in [1.29, 1.82) is 0 Å². The van der Waals surface area contributed by atoms with Crippen LogP contribution in [-0.4, -0.2) is 49.7 Å². The van der Waals surface area contributed by atoms with Crippen molar-refractivity contribution in [1.82, 2.24) is 10.2 Å². The van der Waals surface area contributed by atoms with E-state index in [-0.39, 0.29) is 11.9 Å². The van der Waals surface area contributed by atoms with Gasteiger partial charge >= 0.3 is 5.97 Å². The van der Waals surface area contributed by atoms with Gasteiger partial charge < -0.3 is 15.0 Å². The molecule has 4 heteroatoms. The fourth-order valence-corrected chi connectivity index (χ4v) is 2.61. The molecule has 1 fully saturated rings. The first kappa shape index (κ1) is 16.4. The average molecular weight is 270 g/mol. The van der Waals surface area contributed by atoms with Gasteiger partial charge in [0, 0.05) is 19.1 Å². The summed E-state index contributed by atoms with van der Waals surface area (Å²) >= 11 is 0. The molecule has 1 aliphatic heterocycles. The van der Waals surface area contributed by atoms with Crippen LogP contribution in [0.5, 0.6) is 0 Å². The number of hydrogen-bond donors (Lipinski definition) is 1. The number of ether oxygens (including phenoxy) is 1. The second-order valence-corrected chi connectivity index (χ2v) is 5.56. The van der Waals surface area contributed by atoms with Gasteiger partial charge in [-0.25, -0.2) is 0 Å². The van der Waals surface area contributed by atoms with Crippen molar-refractivity contribution in [3.05, 3.63) is 0 Å². The second-order valence-electron chi connectivity index (χ2n) is 5.56. The maximum atomic E-state index is 11.7. The van der Waals surface area contributed by atoms with Crippen LogP contribution in [0.3, 0.4) is 0 Å². The molecule has 1 N–H and O–H groups in total. The van der Waals surface area contributed by atoms with Crippen molar-refractivity contribution < 1.29 is 9.53 Å². The predicted molar refractivity (Wildman–Crippen MR) is 78.2 cm³/mol. The van der Waals surface area contributed by atoms with E-state index in [2.05, 4.69) is 17.1 Å². The number of nitrogens with zero attached hydrogens (tertiary/aromatic N) is 1. The van der Waals surface area contributed by atoms with Crippen LogP contribution in [0.15, 0.2) is 0 Å². The minimum absolute atomic E-state index is 0.0294. The van der Waals surface area contributed by atoms with Gasteiger partial charge in [0.25, 0.3) is 0 Å². The Morgan fingerprint density at radius 2 is 2.26 bits per heavy atom. The van der Waals surface area contributed by atoms with Crippen molar-refractivity contribution >= 4 is 5.97 Å². The molecule has 0 aliphatic carbocycles. The van der Waals surface area contributed by atoms with Gasteiger partial charge in [-0.1, -0.05) is 20.3 Å². The summed E-state index contributed by atoms with van der Waals surface area (Å²) in [4.78, 5) is 14.1. The summed E-state index contributed by atoms with van der Waals surface area (Å²) in [5, 5.41) is 3.53. The Bertz CT molecular complexity index is 253. The summed E-state index contributed by atoms with van der Waals surface area (Å²) < 4.78 is 5.10. The van der Waals surface area contributed by atoms with E-state index >= 15 is 0 Å². The Morgan fingerprint density at radius 1 is 1.47 bits per heavy atom. The molecule has 0 spiro atoms. The highest BCUT2D eigenvalue weighted by atomic mass is 16.5. The van der Waals surface area contributed by atoms with Gasteiger partial charge in [-0.3, -0.25) is 4.79 Å². The van der Waals surface area contributed by atoms with Crippen molar-refractivity contribution in [2.75, 3.05) is 32.8 Å². The largest absolute Gasteiger partial charge is 0.466 e. The molecule has 0 bridgehead atoms. The molecule has 112 valence electrons. The molecule has 2 unspecified atom stereocenters. The number of carbonyl (C=O) groups excluding carboxylic acids is 1. The van der Waals surface area contributed by atoms with E-state index in [1.54, 1.807) is 0 Å². The lowest BCUT2D eigenvalue weighted by molar-refractivity contribution is -0.148. The Kier molecular flexibility index (Phi) is 8.07. The maximum Gasteiger partial charge on any atom is 0.309 e. The normalized spacial score (nSPS) is 20.7. The van der Waals surface area contributed by atoms with Gasteiger partial charge in [0.05, 0.1) is 12.5 Å². The van der Waals surface area contributed by atoms with Gasteiger partial charge in [0.1, 0.15) is 0 Å². The molecule has 0 aromatic heterocycles. The molecular weight excluding hydrogens is 240 g/mol. The lowest BCUT2D eigenvalue weighted by Crippen LogP contribution is -2.41. The standard InChI is InChI=1S/C15H30N2O2/c1-4-6-10-17(12-14-8-7-9-16-14)11-13(3)15(18)19-5-2/h13-14,16H,4-12H2,1-3H3. The highest BCUT2D eigenvalue weighted by Gasteiger charge is 2.22. The molecule has 19 heavy (non-hydrogen) atoms. The second kappa shape index (κ2) is 9.32. The van der Waals surface area contributed by atoms with E-state index in [0.717, 1.165) is 26.2 Å². The Hall–Kier alpha value is -0.610. The van der Waals surface area contributed by atoms with Crippen molar-refractivity contribution in [2.45, 2.75) is 52.5 Å². The molecule has 1 saturated heterocycles. The van der Waals surface area contributed by atoms with Crippen molar-refractivity contribution in [3.8, 4) is 0 Å². The first-order valence-electron chi connectivity index (χ1n) is 7.79. The Balaban J connectivity index is 2.40. The van der Waals surface area contributed by atoms with Crippen LogP contribution in [-0.2, 0) is 9.53 Å². The summed E-state index contributed by atoms with van der Waals surface area (Å²) in [6.07, 6.45) is 4.93. The number of nitrogens with one attached hydrogen (secondary N) is 1. The molecule has 1 rings (SSSR count). The summed E-state index contributed by atoms with van der Waals surface area (Å²) in [5.74, 6) is -0.0958. The number of hydrogen-bond acceptors (Lipinski definition) is 4. The van der Waals surface area contributed by atoms with E-state index in [9.17, 15) is 4.79 Å². The van der Waals surface area contributed by atoms with Gasteiger partial charge in [-0.05, 0) is 39.3 Å². The zero-order valence-electron chi connectivity index (χ0n) is 12.8. The molecule has 0 aromatic rings. The summed E-state index contributed by atoms with van der Waals surface area (Å²) in [6.45, 7) is 10.6. The summed E-state index contributed by atoms with van der Waals surface area (Å²) in [5.41, 5.74) is 0. The summed E-state index contributed by atoms with van der Waals surface area (Å²) in [6, 6.07) is 0.603. The number of unbranched alkanes of at least 4 members (excludes halogenated alkanes) is 1. The van der Waals surface area contributed by atoms with Gasteiger partial charge in [-0.2, -0.15) is 0 Å². The first-order chi connectivity index (χ1) is 9.17. The average Bonchev–Trinajstić information content (AvgIpc) is 2.89. The molecule has 4 nitrogen and oxygen atoms in total. The third-order valence-electron chi connectivity index (χ3n) is 3.69. The Labute approximate surface area is 117 Å². The lowest BCUT2D eigenvalue weighted by Gasteiger charge is -2.27. The van der Waals surface area contributed by atoms with E-state index < -0.39 is 0 Å². The van der Waals surface area contributed by atoms with E-state index in [4.69, 9.17) is 4.74 Å². The molecular formula is C15H30N2O2. The minimum atomic E-state index is -0.0663. The van der Waals surface area contributed by atoms with Crippen LogP contribution in [0.4, 0.5) is 0 Å². The fourth-order valence-electron chi connectivity index (χ4n) is 2.61.